The average molecular weight is 329 g/mol. The van der Waals surface area contributed by atoms with Gasteiger partial charge in [0.15, 0.2) is 11.6 Å². The van der Waals surface area contributed by atoms with Crippen LogP contribution in [0.3, 0.4) is 0 Å². The van der Waals surface area contributed by atoms with Crippen molar-refractivity contribution in [3.8, 4) is 0 Å². The van der Waals surface area contributed by atoms with E-state index in [-0.39, 0.29) is 15.6 Å². The average Bonchev–Trinajstić information content (AvgIpc) is 2.37. The van der Waals surface area contributed by atoms with Gasteiger partial charge in [-0.25, -0.2) is 13.2 Å². The summed E-state index contributed by atoms with van der Waals surface area (Å²) in [4.78, 5) is 12.1. The Balaban J connectivity index is 2.56. The second kappa shape index (κ2) is 5.17. The first-order valence-electron chi connectivity index (χ1n) is 5.36. The lowest BCUT2D eigenvalue weighted by Crippen LogP contribution is -2.08. The summed E-state index contributed by atoms with van der Waals surface area (Å²) in [5.41, 5.74) is -0.378. The van der Waals surface area contributed by atoms with Crippen molar-refractivity contribution in [1.82, 2.24) is 0 Å². The number of carbonyl (C=O) groups is 1. The molecule has 0 amide bonds. The lowest BCUT2D eigenvalue weighted by atomic mass is 10.0. The number of aryl methyl sites for hydroxylation is 1. The van der Waals surface area contributed by atoms with Gasteiger partial charge in [-0.05, 0) is 58.7 Å². The molecule has 0 aliphatic rings. The molecule has 2 aromatic rings. The van der Waals surface area contributed by atoms with Crippen LogP contribution in [0.25, 0.3) is 0 Å². The molecule has 0 fully saturated rings. The van der Waals surface area contributed by atoms with Gasteiger partial charge in [-0.2, -0.15) is 0 Å². The molecule has 0 aromatic heterocycles. The van der Waals surface area contributed by atoms with E-state index in [0.717, 1.165) is 12.1 Å². The fraction of sp³-hybridized carbons (Fsp3) is 0.0714. The van der Waals surface area contributed by atoms with Crippen molar-refractivity contribution in [2.75, 3.05) is 0 Å². The van der Waals surface area contributed by atoms with Crippen molar-refractivity contribution < 1.29 is 18.0 Å². The van der Waals surface area contributed by atoms with E-state index < -0.39 is 28.8 Å². The highest BCUT2D eigenvalue weighted by molar-refractivity contribution is 9.10. The van der Waals surface area contributed by atoms with Crippen LogP contribution in [-0.2, 0) is 0 Å². The molecule has 0 spiro atoms. The maximum atomic E-state index is 13.8. The number of rotatable bonds is 2. The Kier molecular flexibility index (Phi) is 3.75. The van der Waals surface area contributed by atoms with E-state index in [0.29, 0.717) is 0 Å². The minimum atomic E-state index is -0.966. The predicted molar refractivity (Wildman–Crippen MR) is 68.6 cm³/mol. The minimum Gasteiger partial charge on any atom is -0.288 e. The van der Waals surface area contributed by atoms with Crippen molar-refractivity contribution in [2.24, 2.45) is 0 Å². The summed E-state index contributed by atoms with van der Waals surface area (Å²) in [6.07, 6.45) is 0. The summed E-state index contributed by atoms with van der Waals surface area (Å²) in [5.74, 6) is -3.22. The second-order valence-electron chi connectivity index (χ2n) is 4.01. The molecule has 5 heteroatoms. The molecule has 0 saturated carbocycles. The zero-order valence-electron chi connectivity index (χ0n) is 9.81. The van der Waals surface area contributed by atoms with Gasteiger partial charge in [0.1, 0.15) is 11.6 Å². The number of ketones is 1. The summed E-state index contributed by atoms with van der Waals surface area (Å²) < 4.78 is 40.5. The molecule has 0 N–H and O–H groups in total. The number of hydrogen-bond donors (Lipinski definition) is 0. The highest BCUT2D eigenvalue weighted by atomic mass is 79.9. The van der Waals surface area contributed by atoms with Gasteiger partial charge in [-0.1, -0.05) is 0 Å². The van der Waals surface area contributed by atoms with Crippen LogP contribution in [0.4, 0.5) is 13.2 Å². The van der Waals surface area contributed by atoms with Crippen LogP contribution in [0, 0.1) is 24.4 Å². The van der Waals surface area contributed by atoms with E-state index in [1.165, 1.54) is 25.1 Å². The molecule has 0 aliphatic heterocycles. The highest BCUT2D eigenvalue weighted by Crippen LogP contribution is 2.24. The van der Waals surface area contributed by atoms with Crippen LogP contribution in [0.15, 0.2) is 34.8 Å². The molecule has 0 heterocycles. The fourth-order valence-electron chi connectivity index (χ4n) is 1.67. The van der Waals surface area contributed by atoms with E-state index in [9.17, 15) is 18.0 Å². The smallest absolute Gasteiger partial charge is 0.198 e. The van der Waals surface area contributed by atoms with Gasteiger partial charge < -0.3 is 0 Å². The third kappa shape index (κ3) is 2.56. The number of carbonyl (C=O) groups excluding carboxylic acids is 1. The van der Waals surface area contributed by atoms with Gasteiger partial charge in [-0.15, -0.1) is 0 Å². The lowest BCUT2D eigenvalue weighted by Gasteiger charge is -2.07. The first kappa shape index (κ1) is 13.8. The van der Waals surface area contributed by atoms with Gasteiger partial charge in [0.25, 0.3) is 0 Å². The van der Waals surface area contributed by atoms with Crippen molar-refractivity contribution in [3.05, 3.63) is 68.9 Å². The topological polar surface area (TPSA) is 17.1 Å². The summed E-state index contributed by atoms with van der Waals surface area (Å²) in [7, 11) is 0. The Morgan fingerprint density at radius 3 is 2.32 bits per heavy atom. The summed E-state index contributed by atoms with van der Waals surface area (Å²) >= 11 is 2.89. The molecule has 1 nitrogen and oxygen atoms in total. The molecule has 2 aromatic carbocycles. The molecule has 0 radical (unpaired) electrons. The zero-order chi connectivity index (χ0) is 14.2. The number of hydrogen-bond acceptors (Lipinski definition) is 1. The number of benzene rings is 2. The van der Waals surface area contributed by atoms with Crippen molar-refractivity contribution in [3.63, 3.8) is 0 Å². The summed E-state index contributed by atoms with van der Waals surface area (Å²) in [6, 6.07) is 5.73. The molecule has 0 saturated heterocycles. The van der Waals surface area contributed by atoms with Gasteiger partial charge >= 0.3 is 0 Å². The maximum Gasteiger partial charge on any atom is 0.198 e. The Morgan fingerprint density at radius 2 is 1.68 bits per heavy atom. The molecule has 0 unspecified atom stereocenters. The van der Waals surface area contributed by atoms with Crippen molar-refractivity contribution in [2.45, 2.75) is 6.92 Å². The molecule has 0 aliphatic carbocycles. The Labute approximate surface area is 116 Å². The summed E-state index contributed by atoms with van der Waals surface area (Å²) in [5, 5.41) is 0. The SMILES string of the molecule is Cc1cc(C(=O)c2c(F)ccc(Br)c2F)ccc1F. The van der Waals surface area contributed by atoms with E-state index in [4.69, 9.17) is 0 Å². The molecule has 0 bridgehead atoms. The Hall–Kier alpha value is -1.62. The molecule has 98 valence electrons. The third-order valence-electron chi connectivity index (χ3n) is 2.69. The molecule has 2 rings (SSSR count). The quantitative estimate of drug-likeness (QED) is 0.589. The largest absolute Gasteiger partial charge is 0.288 e. The maximum absolute atomic E-state index is 13.8. The van der Waals surface area contributed by atoms with Crippen LogP contribution in [-0.4, -0.2) is 5.78 Å². The monoisotopic (exact) mass is 328 g/mol. The first-order valence-corrected chi connectivity index (χ1v) is 6.15. The first-order chi connectivity index (χ1) is 8.91. The minimum absolute atomic E-state index is 0.00363. The van der Waals surface area contributed by atoms with Crippen LogP contribution in [0.1, 0.15) is 21.5 Å². The second-order valence-corrected chi connectivity index (χ2v) is 4.87. The predicted octanol–water partition coefficient (Wildman–Crippen LogP) is 4.41. The summed E-state index contributed by atoms with van der Waals surface area (Å²) in [6.45, 7) is 1.47. The Bertz CT molecular complexity index is 668. The van der Waals surface area contributed by atoms with Crippen molar-refractivity contribution in [1.29, 1.82) is 0 Å². The van der Waals surface area contributed by atoms with Crippen LogP contribution < -0.4 is 0 Å². The standard InChI is InChI=1S/C14H8BrF3O/c1-7-6-8(2-4-10(7)16)14(19)12-11(17)5-3-9(15)13(12)18/h2-6H,1H3. The number of halogens is 4. The molecule has 0 atom stereocenters. The van der Waals surface area contributed by atoms with Gasteiger partial charge in [0, 0.05) is 5.56 Å². The van der Waals surface area contributed by atoms with Gasteiger partial charge in [0.2, 0.25) is 0 Å². The van der Waals surface area contributed by atoms with Crippen molar-refractivity contribution >= 4 is 21.7 Å². The highest BCUT2D eigenvalue weighted by Gasteiger charge is 2.21. The van der Waals surface area contributed by atoms with E-state index >= 15 is 0 Å². The van der Waals surface area contributed by atoms with E-state index in [1.54, 1.807) is 0 Å². The fourth-order valence-corrected chi connectivity index (χ4v) is 2.00. The van der Waals surface area contributed by atoms with E-state index in [1.807, 2.05) is 0 Å². The van der Waals surface area contributed by atoms with Crippen LogP contribution >= 0.6 is 15.9 Å². The van der Waals surface area contributed by atoms with E-state index in [2.05, 4.69) is 15.9 Å². The van der Waals surface area contributed by atoms with Gasteiger partial charge in [0.05, 0.1) is 10.0 Å². The zero-order valence-corrected chi connectivity index (χ0v) is 11.4. The Morgan fingerprint density at radius 1 is 1.05 bits per heavy atom. The lowest BCUT2D eigenvalue weighted by molar-refractivity contribution is 0.103. The molecule has 19 heavy (non-hydrogen) atoms. The van der Waals surface area contributed by atoms with Crippen LogP contribution in [0.2, 0.25) is 0 Å². The van der Waals surface area contributed by atoms with Gasteiger partial charge in [-0.3, -0.25) is 4.79 Å². The van der Waals surface area contributed by atoms with Crippen LogP contribution in [0.5, 0.6) is 0 Å². The third-order valence-corrected chi connectivity index (χ3v) is 3.30. The molecular weight excluding hydrogens is 321 g/mol. The molecular formula is C14H8BrF3O. The normalized spacial score (nSPS) is 10.6.